The third-order valence-corrected chi connectivity index (χ3v) is 5.49. The number of hydrogen-bond acceptors (Lipinski definition) is 4. The van der Waals surface area contributed by atoms with E-state index in [0.717, 1.165) is 11.3 Å². The summed E-state index contributed by atoms with van der Waals surface area (Å²) in [6.07, 6.45) is 1.54. The van der Waals surface area contributed by atoms with E-state index in [1.165, 1.54) is 4.68 Å². The Labute approximate surface area is 191 Å². The fourth-order valence-corrected chi connectivity index (χ4v) is 3.93. The molecule has 0 saturated carbocycles. The van der Waals surface area contributed by atoms with Crippen molar-refractivity contribution in [2.75, 3.05) is 5.32 Å². The zero-order chi connectivity index (χ0) is 23.7. The van der Waals surface area contributed by atoms with Gasteiger partial charge in [0.25, 0.3) is 11.5 Å². The van der Waals surface area contributed by atoms with Crippen molar-refractivity contribution >= 4 is 28.6 Å². The van der Waals surface area contributed by atoms with E-state index in [0.29, 0.717) is 33.7 Å². The van der Waals surface area contributed by atoms with Crippen molar-refractivity contribution in [2.45, 2.75) is 27.7 Å². The molecule has 0 unspecified atom stereocenters. The van der Waals surface area contributed by atoms with Gasteiger partial charge in [-0.2, -0.15) is 9.94 Å². The van der Waals surface area contributed by atoms with Crippen LogP contribution in [0, 0.1) is 39.0 Å². The number of para-hydroxylation sites is 1. The Kier molecular flexibility index (Phi) is 5.67. The first-order valence-corrected chi connectivity index (χ1v) is 10.5. The summed E-state index contributed by atoms with van der Waals surface area (Å²) in [6, 6.07) is 18.4. The molecule has 0 aliphatic rings. The minimum atomic E-state index is -0.492. The number of amides is 1. The molecule has 1 amide bonds. The van der Waals surface area contributed by atoms with Crippen molar-refractivity contribution in [1.82, 2.24) is 14.3 Å². The molecule has 7 heteroatoms. The summed E-state index contributed by atoms with van der Waals surface area (Å²) in [7, 11) is 0. The first-order valence-electron chi connectivity index (χ1n) is 10.5. The maximum Gasteiger partial charge on any atom is 0.280 e. The molecule has 0 saturated heterocycles. The smallest absolute Gasteiger partial charge is 0.280 e. The molecule has 4 aromatic rings. The average Bonchev–Trinajstić information content (AvgIpc) is 3.05. The standard InChI is InChI=1S/C26H23N5O2/c1-16-8-7-9-22(12-16)29-25(32)21(15-27)14-20-13-17(2)30(18(20)3)31-19(4)28-24-11-6-5-10-23(24)26(31)33/h5-14H,1-4H3,(H,29,32). The van der Waals surface area contributed by atoms with Gasteiger partial charge in [0.05, 0.1) is 10.9 Å². The highest BCUT2D eigenvalue weighted by atomic mass is 16.2. The maximum atomic E-state index is 13.3. The van der Waals surface area contributed by atoms with Gasteiger partial charge < -0.3 is 5.32 Å². The van der Waals surface area contributed by atoms with E-state index in [9.17, 15) is 14.9 Å². The lowest BCUT2D eigenvalue weighted by Gasteiger charge is -2.16. The van der Waals surface area contributed by atoms with E-state index in [-0.39, 0.29) is 11.1 Å². The molecule has 0 atom stereocenters. The fourth-order valence-electron chi connectivity index (χ4n) is 3.93. The van der Waals surface area contributed by atoms with Crippen LogP contribution in [0.3, 0.4) is 0 Å². The molecule has 2 heterocycles. The summed E-state index contributed by atoms with van der Waals surface area (Å²) in [4.78, 5) is 30.5. The van der Waals surface area contributed by atoms with E-state index in [1.807, 2.05) is 63.2 Å². The first-order chi connectivity index (χ1) is 15.8. The highest BCUT2D eigenvalue weighted by molar-refractivity contribution is 6.09. The second kappa shape index (κ2) is 8.60. The number of nitrogens with zero attached hydrogens (tertiary/aromatic N) is 4. The minimum absolute atomic E-state index is 0.0301. The van der Waals surface area contributed by atoms with Crippen molar-refractivity contribution < 1.29 is 4.79 Å². The van der Waals surface area contributed by atoms with Crippen LogP contribution in [0.25, 0.3) is 17.0 Å². The van der Waals surface area contributed by atoms with Crippen molar-refractivity contribution in [3.63, 3.8) is 0 Å². The summed E-state index contributed by atoms with van der Waals surface area (Å²) in [5, 5.41) is 12.9. The van der Waals surface area contributed by atoms with Crippen LogP contribution in [-0.4, -0.2) is 20.2 Å². The molecular formula is C26H23N5O2. The van der Waals surface area contributed by atoms with Gasteiger partial charge >= 0.3 is 0 Å². The maximum absolute atomic E-state index is 13.3. The molecule has 0 radical (unpaired) electrons. The van der Waals surface area contributed by atoms with Gasteiger partial charge in [0, 0.05) is 17.1 Å². The molecule has 33 heavy (non-hydrogen) atoms. The molecule has 0 aliphatic carbocycles. The molecule has 164 valence electrons. The molecular weight excluding hydrogens is 414 g/mol. The van der Waals surface area contributed by atoms with Gasteiger partial charge in [-0.1, -0.05) is 24.3 Å². The topological polar surface area (TPSA) is 92.7 Å². The summed E-state index contributed by atoms with van der Waals surface area (Å²) < 4.78 is 3.28. The zero-order valence-corrected chi connectivity index (χ0v) is 18.9. The first kappa shape index (κ1) is 21.8. The zero-order valence-electron chi connectivity index (χ0n) is 18.9. The molecule has 0 bridgehead atoms. The highest BCUT2D eigenvalue weighted by Crippen LogP contribution is 2.20. The Morgan fingerprint density at radius 1 is 1.03 bits per heavy atom. The number of benzene rings is 2. The second-order valence-corrected chi connectivity index (χ2v) is 7.92. The Morgan fingerprint density at radius 3 is 2.52 bits per heavy atom. The van der Waals surface area contributed by atoms with Crippen molar-refractivity contribution in [3.8, 4) is 6.07 Å². The summed E-state index contributed by atoms with van der Waals surface area (Å²) in [5.74, 6) is 0.0438. The van der Waals surface area contributed by atoms with Gasteiger partial charge in [-0.15, -0.1) is 0 Å². The third-order valence-electron chi connectivity index (χ3n) is 5.49. The molecule has 7 nitrogen and oxygen atoms in total. The molecule has 2 aromatic heterocycles. The summed E-state index contributed by atoms with van der Waals surface area (Å²) in [6.45, 7) is 7.41. The number of hydrogen-bond donors (Lipinski definition) is 1. The normalized spacial score (nSPS) is 11.4. The van der Waals surface area contributed by atoms with Gasteiger partial charge in [0.1, 0.15) is 17.5 Å². The van der Waals surface area contributed by atoms with Crippen molar-refractivity contribution in [2.24, 2.45) is 0 Å². The molecule has 0 aliphatic heterocycles. The molecule has 0 spiro atoms. The predicted octanol–water partition coefficient (Wildman–Crippen LogP) is 4.29. The molecule has 2 aromatic carbocycles. The number of fused-ring (bicyclic) bond motifs is 1. The van der Waals surface area contributed by atoms with Gasteiger partial charge in [-0.25, -0.2) is 4.98 Å². The third kappa shape index (κ3) is 4.06. The highest BCUT2D eigenvalue weighted by Gasteiger charge is 2.17. The lowest BCUT2D eigenvalue weighted by molar-refractivity contribution is -0.112. The van der Waals surface area contributed by atoms with Crippen LogP contribution < -0.4 is 10.9 Å². The Hall–Kier alpha value is -4.44. The summed E-state index contributed by atoms with van der Waals surface area (Å²) >= 11 is 0. The molecule has 4 rings (SSSR count). The number of nitrogens with one attached hydrogen (secondary N) is 1. The van der Waals surface area contributed by atoms with Gasteiger partial charge in [0.2, 0.25) is 0 Å². The van der Waals surface area contributed by atoms with Crippen molar-refractivity contribution in [1.29, 1.82) is 5.26 Å². The SMILES string of the molecule is Cc1cccc(NC(=O)C(C#N)=Cc2cc(C)n(-n3c(C)nc4ccccc4c3=O)c2C)c1. The fraction of sp³-hybridized carbons (Fsp3) is 0.154. The van der Waals surface area contributed by atoms with Crippen LogP contribution >= 0.6 is 0 Å². The van der Waals surface area contributed by atoms with Crippen LogP contribution in [0.15, 0.2) is 65.0 Å². The lowest BCUT2D eigenvalue weighted by atomic mass is 10.1. The predicted molar refractivity (Wildman–Crippen MR) is 129 cm³/mol. The number of nitriles is 1. The van der Waals surface area contributed by atoms with Crippen LogP contribution in [0.4, 0.5) is 5.69 Å². The van der Waals surface area contributed by atoms with E-state index in [4.69, 9.17) is 0 Å². The van der Waals surface area contributed by atoms with E-state index >= 15 is 0 Å². The van der Waals surface area contributed by atoms with E-state index < -0.39 is 5.91 Å². The number of aromatic nitrogens is 3. The van der Waals surface area contributed by atoms with E-state index in [1.54, 1.807) is 35.9 Å². The Bertz CT molecular complexity index is 1530. The quantitative estimate of drug-likeness (QED) is 0.381. The Morgan fingerprint density at radius 2 is 1.79 bits per heavy atom. The number of carbonyl (C=O) groups is 1. The molecule has 0 fully saturated rings. The number of aryl methyl sites for hydroxylation is 3. The largest absolute Gasteiger partial charge is 0.321 e. The number of rotatable bonds is 4. The summed E-state index contributed by atoms with van der Waals surface area (Å²) in [5.41, 5.74) is 4.20. The lowest BCUT2D eigenvalue weighted by Crippen LogP contribution is -2.30. The second-order valence-electron chi connectivity index (χ2n) is 7.92. The average molecular weight is 438 g/mol. The van der Waals surface area contributed by atoms with Gasteiger partial charge in [-0.05, 0) is 75.2 Å². The van der Waals surface area contributed by atoms with Crippen LogP contribution in [0.2, 0.25) is 0 Å². The number of carbonyl (C=O) groups excluding carboxylic acids is 1. The molecule has 1 N–H and O–H groups in total. The number of anilines is 1. The Balaban J connectivity index is 1.77. The van der Waals surface area contributed by atoms with Crippen molar-refractivity contribution in [3.05, 3.63) is 98.9 Å². The monoisotopic (exact) mass is 437 g/mol. The van der Waals surface area contributed by atoms with E-state index in [2.05, 4.69) is 10.3 Å². The van der Waals surface area contributed by atoms with Crippen LogP contribution in [0.5, 0.6) is 0 Å². The van der Waals surface area contributed by atoms with Gasteiger partial charge in [0.15, 0.2) is 0 Å². The van der Waals surface area contributed by atoms with Gasteiger partial charge in [-0.3, -0.25) is 14.3 Å². The van der Waals surface area contributed by atoms with Crippen LogP contribution in [0.1, 0.15) is 28.3 Å². The van der Waals surface area contributed by atoms with Crippen LogP contribution in [-0.2, 0) is 4.79 Å². The minimum Gasteiger partial charge on any atom is -0.321 e.